The Morgan fingerprint density at radius 1 is 1.18 bits per heavy atom. The third-order valence-electron chi connectivity index (χ3n) is 5.97. The highest BCUT2D eigenvalue weighted by molar-refractivity contribution is 6.34. The third kappa shape index (κ3) is 3.79. The summed E-state index contributed by atoms with van der Waals surface area (Å²) in [6, 6.07) is 0.386. The largest absolute Gasteiger partial charge is 0.376 e. The highest BCUT2D eigenvalue weighted by atomic mass is 35.5. The Labute approximate surface area is 172 Å². The van der Waals surface area contributed by atoms with Gasteiger partial charge in [0.25, 0.3) is 0 Å². The summed E-state index contributed by atoms with van der Waals surface area (Å²) in [6.07, 6.45) is 9.19. The van der Waals surface area contributed by atoms with Crippen molar-refractivity contribution in [3.63, 3.8) is 0 Å². The van der Waals surface area contributed by atoms with Gasteiger partial charge in [0.2, 0.25) is 0 Å². The van der Waals surface area contributed by atoms with Crippen molar-refractivity contribution in [3.8, 4) is 0 Å². The molecule has 0 aromatic carbocycles. The lowest BCUT2D eigenvalue weighted by molar-refractivity contribution is -0.0161. The van der Waals surface area contributed by atoms with Gasteiger partial charge < -0.3 is 14.6 Å². The van der Waals surface area contributed by atoms with Crippen LogP contribution in [0.4, 0.5) is 5.69 Å². The number of nitrogens with zero attached hydrogens (tertiary/aromatic N) is 3. The fourth-order valence-corrected chi connectivity index (χ4v) is 4.85. The summed E-state index contributed by atoms with van der Waals surface area (Å²) < 4.78 is 6.02. The van der Waals surface area contributed by atoms with Crippen LogP contribution in [-0.4, -0.2) is 29.8 Å². The van der Waals surface area contributed by atoms with Crippen LogP contribution < -0.4 is 15.6 Å². The lowest BCUT2D eigenvalue weighted by atomic mass is 9.84. The fraction of sp³-hybridized carbons (Fsp3) is 0.636. The van der Waals surface area contributed by atoms with Gasteiger partial charge >= 0.3 is 0 Å². The standard InChI is InChI=1S/C22H31ClN4O/c1-13(2)27-10-9-16(23)11-19-22(27)18-12-24-26-20(21(18)25-19)15-5-7-17(8-6-15)28-14(3)4/h9,11,13-15,17,25H,5-8,10,12H2,1-4H3. The predicted molar refractivity (Wildman–Crippen MR) is 115 cm³/mol. The van der Waals surface area contributed by atoms with Gasteiger partial charge in [-0.3, -0.25) is 0 Å². The minimum Gasteiger partial charge on any atom is -0.376 e. The summed E-state index contributed by atoms with van der Waals surface area (Å²) in [7, 11) is 0. The predicted octanol–water partition coefficient (Wildman–Crippen LogP) is 4.20. The molecule has 0 radical (unpaired) electrons. The van der Waals surface area contributed by atoms with Gasteiger partial charge in [0.1, 0.15) is 0 Å². The number of H-pyrrole nitrogens is 1. The highest BCUT2D eigenvalue weighted by Crippen LogP contribution is 2.34. The number of hydrogen-bond acceptors (Lipinski definition) is 4. The van der Waals surface area contributed by atoms with Crippen molar-refractivity contribution in [3.05, 3.63) is 27.4 Å². The molecule has 1 aliphatic carbocycles. The van der Waals surface area contributed by atoms with Crippen LogP contribution >= 0.6 is 11.6 Å². The molecule has 2 aliphatic heterocycles. The second-order valence-electron chi connectivity index (χ2n) is 8.66. The fourth-order valence-electron chi connectivity index (χ4n) is 4.67. The highest BCUT2D eigenvalue weighted by Gasteiger charge is 2.29. The molecule has 3 aliphatic rings. The summed E-state index contributed by atoms with van der Waals surface area (Å²) in [5, 5.41) is 12.2. The molecule has 1 saturated carbocycles. The van der Waals surface area contributed by atoms with Gasteiger partial charge in [-0.05, 0) is 65.5 Å². The molecule has 28 heavy (non-hydrogen) atoms. The summed E-state index contributed by atoms with van der Waals surface area (Å²) >= 11 is 6.42. The van der Waals surface area contributed by atoms with E-state index < -0.39 is 0 Å². The number of hydrogen-bond donors (Lipinski definition) is 1. The Morgan fingerprint density at radius 3 is 2.61 bits per heavy atom. The van der Waals surface area contributed by atoms with E-state index in [-0.39, 0.29) is 0 Å². The van der Waals surface area contributed by atoms with Gasteiger partial charge in [-0.15, -0.1) is 0 Å². The van der Waals surface area contributed by atoms with Crippen molar-refractivity contribution in [2.45, 2.75) is 78.2 Å². The number of halogens is 1. The van der Waals surface area contributed by atoms with Crippen LogP contribution in [0.2, 0.25) is 0 Å². The number of fused-ring (bicyclic) bond motifs is 3. The van der Waals surface area contributed by atoms with Crippen LogP contribution in [0.1, 0.15) is 58.9 Å². The Kier molecular flexibility index (Phi) is 5.66. The van der Waals surface area contributed by atoms with Gasteiger partial charge in [0.15, 0.2) is 0 Å². The summed E-state index contributed by atoms with van der Waals surface area (Å²) in [5.74, 6) is 0.440. The minimum atomic E-state index is 0.296. The second kappa shape index (κ2) is 8.03. The first kappa shape index (κ1) is 19.7. The molecule has 4 rings (SSSR count). The molecule has 1 aromatic rings. The number of allylic oxidation sites excluding steroid dienone is 1. The average molecular weight is 403 g/mol. The quantitative estimate of drug-likeness (QED) is 0.820. The van der Waals surface area contributed by atoms with Gasteiger partial charge in [-0.2, -0.15) is 10.2 Å². The molecule has 0 saturated heterocycles. The average Bonchev–Trinajstić information content (AvgIpc) is 2.90. The molecule has 0 spiro atoms. The maximum absolute atomic E-state index is 6.42. The van der Waals surface area contributed by atoms with Crippen molar-refractivity contribution < 1.29 is 4.74 Å². The maximum atomic E-state index is 6.42. The Bertz CT molecular complexity index is 904. The van der Waals surface area contributed by atoms with Crippen molar-refractivity contribution in [2.24, 2.45) is 16.1 Å². The van der Waals surface area contributed by atoms with Crippen LogP contribution in [-0.2, 0) is 11.3 Å². The van der Waals surface area contributed by atoms with E-state index in [9.17, 15) is 0 Å². The number of rotatable bonds is 4. The molecule has 1 fully saturated rings. The van der Waals surface area contributed by atoms with E-state index in [1.54, 1.807) is 0 Å². The molecule has 3 heterocycles. The molecule has 1 aromatic heterocycles. The van der Waals surface area contributed by atoms with E-state index >= 15 is 0 Å². The van der Waals surface area contributed by atoms with Crippen LogP contribution in [0.3, 0.4) is 0 Å². The van der Waals surface area contributed by atoms with Gasteiger partial charge in [-0.1, -0.05) is 11.6 Å². The van der Waals surface area contributed by atoms with E-state index in [2.05, 4.69) is 53.9 Å². The van der Waals surface area contributed by atoms with Crippen molar-refractivity contribution >= 4 is 29.1 Å². The number of azo groups is 1. The topological polar surface area (TPSA) is 53.0 Å². The van der Waals surface area contributed by atoms with Crippen molar-refractivity contribution in [1.29, 1.82) is 0 Å². The molecule has 6 heteroatoms. The molecular weight excluding hydrogens is 372 g/mol. The van der Waals surface area contributed by atoms with Crippen LogP contribution in [0.15, 0.2) is 21.3 Å². The molecule has 152 valence electrons. The molecule has 5 nitrogen and oxygen atoms in total. The first-order valence-corrected chi connectivity index (χ1v) is 10.9. The Hall–Kier alpha value is -1.59. The number of nitrogens with one attached hydrogen (secondary N) is 1. The smallest absolute Gasteiger partial charge is 0.0895 e. The summed E-state index contributed by atoms with van der Waals surface area (Å²) in [6.45, 7) is 10.1. The zero-order valence-electron chi connectivity index (χ0n) is 17.3. The summed E-state index contributed by atoms with van der Waals surface area (Å²) in [5.41, 5.74) is 3.63. The first-order chi connectivity index (χ1) is 13.4. The molecular formula is C22H31ClN4O. The zero-order valence-corrected chi connectivity index (χ0v) is 18.1. The van der Waals surface area contributed by atoms with Crippen molar-refractivity contribution in [2.75, 3.05) is 11.4 Å². The van der Waals surface area contributed by atoms with E-state index in [0.29, 0.717) is 30.7 Å². The van der Waals surface area contributed by atoms with E-state index in [0.717, 1.165) is 48.3 Å². The lowest BCUT2D eigenvalue weighted by Crippen LogP contribution is -2.34. The van der Waals surface area contributed by atoms with Gasteiger partial charge in [0, 0.05) is 29.1 Å². The monoisotopic (exact) mass is 402 g/mol. The molecule has 0 bridgehead atoms. The SMILES string of the molecule is CC(C)OC1CCC(C2=c3[nH]c4c(c3CN=N2)N(C(C)C)CC=C(Cl)C=4)CC1. The number of aromatic nitrogens is 1. The molecule has 0 atom stereocenters. The number of aromatic amines is 1. The minimum absolute atomic E-state index is 0.296. The molecule has 0 amide bonds. The van der Waals surface area contributed by atoms with E-state index in [1.165, 1.54) is 16.6 Å². The van der Waals surface area contributed by atoms with Crippen LogP contribution in [0.5, 0.6) is 0 Å². The van der Waals surface area contributed by atoms with Crippen LogP contribution in [0, 0.1) is 5.92 Å². The van der Waals surface area contributed by atoms with Gasteiger partial charge in [-0.25, -0.2) is 0 Å². The second-order valence-corrected chi connectivity index (χ2v) is 9.10. The van der Waals surface area contributed by atoms with E-state index in [1.807, 2.05) is 6.08 Å². The van der Waals surface area contributed by atoms with Crippen molar-refractivity contribution in [1.82, 2.24) is 4.98 Å². The zero-order chi connectivity index (χ0) is 19.8. The number of ether oxygens (including phenoxy) is 1. The first-order valence-electron chi connectivity index (χ1n) is 10.6. The Morgan fingerprint density at radius 2 is 1.93 bits per heavy atom. The molecule has 0 unspecified atom stereocenters. The maximum Gasteiger partial charge on any atom is 0.0895 e. The van der Waals surface area contributed by atoms with Gasteiger partial charge in [0.05, 0.1) is 40.8 Å². The lowest BCUT2D eigenvalue weighted by Gasteiger charge is -2.30. The third-order valence-corrected chi connectivity index (χ3v) is 6.23. The Balaban J connectivity index is 1.72. The number of anilines is 1. The van der Waals surface area contributed by atoms with Crippen LogP contribution in [0.25, 0.3) is 11.8 Å². The van der Waals surface area contributed by atoms with E-state index in [4.69, 9.17) is 16.3 Å². The molecule has 1 N–H and O–H groups in total. The summed E-state index contributed by atoms with van der Waals surface area (Å²) in [4.78, 5) is 6.06. The normalized spacial score (nSPS) is 24.8.